The van der Waals surface area contributed by atoms with Gasteiger partial charge in [0.1, 0.15) is 12.1 Å². The number of hydrogen-bond acceptors (Lipinski definition) is 6. The zero-order valence-electron chi connectivity index (χ0n) is 12.0. The molecule has 0 spiro atoms. The molecule has 0 radical (unpaired) electrons. The van der Waals surface area contributed by atoms with Crippen LogP contribution in [0.5, 0.6) is 0 Å². The molecule has 0 aromatic heterocycles. The van der Waals surface area contributed by atoms with Gasteiger partial charge in [-0.3, -0.25) is 9.59 Å². The summed E-state index contributed by atoms with van der Waals surface area (Å²) in [6, 6.07) is -0.884. The normalized spacial score (nSPS) is 20.9. The lowest BCUT2D eigenvalue weighted by Crippen LogP contribution is -2.47. The maximum absolute atomic E-state index is 11.9. The van der Waals surface area contributed by atoms with Crippen LogP contribution >= 0.6 is 0 Å². The summed E-state index contributed by atoms with van der Waals surface area (Å²) in [5, 5.41) is 2.57. The number of methoxy groups -OCH3 is 2. The summed E-state index contributed by atoms with van der Waals surface area (Å²) >= 11 is 0. The first-order chi connectivity index (χ1) is 9.49. The molecule has 0 unspecified atom stereocenters. The molecule has 1 amide bonds. The minimum absolute atomic E-state index is 0.123. The van der Waals surface area contributed by atoms with Crippen LogP contribution in [-0.2, 0) is 28.6 Å². The van der Waals surface area contributed by atoms with Crippen molar-refractivity contribution in [1.29, 1.82) is 0 Å². The van der Waals surface area contributed by atoms with Crippen LogP contribution in [0.15, 0.2) is 0 Å². The van der Waals surface area contributed by atoms with E-state index < -0.39 is 30.0 Å². The Kier molecular flexibility index (Phi) is 6.44. The summed E-state index contributed by atoms with van der Waals surface area (Å²) in [5.41, 5.74) is 0. The topological polar surface area (TPSA) is 90.9 Å². The molecule has 0 aromatic carbocycles. The molecule has 1 N–H and O–H groups in total. The number of carbonyl (C=O) groups is 3. The molecule has 0 aliphatic carbocycles. The first-order valence-electron chi connectivity index (χ1n) is 6.57. The molecule has 0 bridgehead atoms. The molecule has 1 fully saturated rings. The lowest BCUT2D eigenvalue weighted by atomic mass is 10.0. The van der Waals surface area contributed by atoms with Crippen molar-refractivity contribution in [1.82, 2.24) is 5.32 Å². The quantitative estimate of drug-likeness (QED) is 0.693. The van der Waals surface area contributed by atoms with Gasteiger partial charge in [0.25, 0.3) is 0 Å². The summed E-state index contributed by atoms with van der Waals surface area (Å²) < 4.78 is 14.5. The predicted octanol–water partition coefficient (Wildman–Crippen LogP) is 0.0224. The number of esters is 2. The molecule has 7 nitrogen and oxygen atoms in total. The van der Waals surface area contributed by atoms with Crippen LogP contribution in [0.1, 0.15) is 26.2 Å². The van der Waals surface area contributed by atoms with E-state index in [1.807, 2.05) is 0 Å². The van der Waals surface area contributed by atoms with Crippen LogP contribution < -0.4 is 5.32 Å². The highest BCUT2D eigenvalue weighted by molar-refractivity contribution is 5.87. The van der Waals surface area contributed by atoms with Crippen molar-refractivity contribution >= 4 is 17.8 Å². The second-order valence-electron chi connectivity index (χ2n) is 4.75. The van der Waals surface area contributed by atoms with E-state index in [1.165, 1.54) is 14.2 Å². The van der Waals surface area contributed by atoms with E-state index in [0.29, 0.717) is 13.0 Å². The molecule has 114 valence electrons. The standard InChI is InChI=1S/C13H21NO6/c1-8(12(16)18-2)7-9(13(17)19-3)14-11(15)10-5-4-6-20-10/h8-10H,4-7H2,1-3H3,(H,14,15)/t8-,9-,10+/m0/s1. The number of rotatable bonds is 6. The van der Waals surface area contributed by atoms with Gasteiger partial charge in [-0.2, -0.15) is 0 Å². The molecule has 20 heavy (non-hydrogen) atoms. The van der Waals surface area contributed by atoms with Crippen LogP contribution in [0.4, 0.5) is 0 Å². The summed E-state index contributed by atoms with van der Waals surface area (Å²) in [4.78, 5) is 35.0. The Morgan fingerprint density at radius 3 is 2.40 bits per heavy atom. The molecule has 1 heterocycles. The monoisotopic (exact) mass is 287 g/mol. The van der Waals surface area contributed by atoms with Gasteiger partial charge in [0.05, 0.1) is 20.1 Å². The summed E-state index contributed by atoms with van der Waals surface area (Å²) in [6.45, 7) is 2.17. The first-order valence-corrected chi connectivity index (χ1v) is 6.57. The SMILES string of the molecule is COC(=O)[C@H](C[C@H](C)C(=O)OC)NC(=O)[C@H]1CCCO1. The average molecular weight is 287 g/mol. The van der Waals surface area contributed by atoms with E-state index in [2.05, 4.69) is 14.8 Å². The van der Waals surface area contributed by atoms with Crippen molar-refractivity contribution in [2.45, 2.75) is 38.3 Å². The first kappa shape index (κ1) is 16.4. The smallest absolute Gasteiger partial charge is 0.328 e. The molecular weight excluding hydrogens is 266 g/mol. The van der Waals surface area contributed by atoms with Gasteiger partial charge in [-0.15, -0.1) is 0 Å². The third-order valence-corrected chi connectivity index (χ3v) is 3.22. The van der Waals surface area contributed by atoms with Crippen LogP contribution in [0.3, 0.4) is 0 Å². The Hall–Kier alpha value is -1.63. The van der Waals surface area contributed by atoms with E-state index in [0.717, 1.165) is 6.42 Å². The summed E-state index contributed by atoms with van der Waals surface area (Å²) in [5.74, 6) is -1.90. The van der Waals surface area contributed by atoms with E-state index in [9.17, 15) is 14.4 Å². The zero-order chi connectivity index (χ0) is 15.1. The van der Waals surface area contributed by atoms with Gasteiger partial charge in [0.2, 0.25) is 5.91 Å². The minimum atomic E-state index is -0.884. The largest absolute Gasteiger partial charge is 0.469 e. The highest BCUT2D eigenvalue weighted by Gasteiger charge is 2.31. The van der Waals surface area contributed by atoms with Crippen molar-refractivity contribution in [2.75, 3.05) is 20.8 Å². The maximum Gasteiger partial charge on any atom is 0.328 e. The van der Waals surface area contributed by atoms with E-state index in [4.69, 9.17) is 4.74 Å². The Bertz CT molecular complexity index is 364. The number of hydrogen-bond donors (Lipinski definition) is 1. The van der Waals surface area contributed by atoms with Crippen LogP contribution in [0.25, 0.3) is 0 Å². The van der Waals surface area contributed by atoms with Gasteiger partial charge in [0.15, 0.2) is 0 Å². The second kappa shape index (κ2) is 7.84. The van der Waals surface area contributed by atoms with Crippen molar-refractivity contribution in [3.8, 4) is 0 Å². The Labute approximate surface area is 117 Å². The van der Waals surface area contributed by atoms with Gasteiger partial charge in [-0.1, -0.05) is 6.92 Å². The molecule has 0 saturated carbocycles. The van der Waals surface area contributed by atoms with E-state index in [-0.39, 0.29) is 12.3 Å². The fourth-order valence-corrected chi connectivity index (χ4v) is 2.06. The van der Waals surface area contributed by atoms with E-state index >= 15 is 0 Å². The van der Waals surface area contributed by atoms with Crippen molar-refractivity contribution < 1.29 is 28.6 Å². The van der Waals surface area contributed by atoms with Gasteiger partial charge < -0.3 is 19.5 Å². The van der Waals surface area contributed by atoms with Gasteiger partial charge in [0, 0.05) is 6.61 Å². The van der Waals surface area contributed by atoms with Gasteiger partial charge >= 0.3 is 11.9 Å². The Balaban J connectivity index is 2.61. The third kappa shape index (κ3) is 4.48. The highest BCUT2D eigenvalue weighted by Crippen LogP contribution is 2.14. The molecule has 7 heteroatoms. The minimum Gasteiger partial charge on any atom is -0.469 e. The van der Waals surface area contributed by atoms with Crippen LogP contribution in [0, 0.1) is 5.92 Å². The van der Waals surface area contributed by atoms with Gasteiger partial charge in [-0.05, 0) is 19.3 Å². The maximum atomic E-state index is 11.9. The highest BCUT2D eigenvalue weighted by atomic mass is 16.5. The zero-order valence-corrected chi connectivity index (χ0v) is 12.0. The molecular formula is C13H21NO6. The molecule has 0 aromatic rings. The van der Waals surface area contributed by atoms with Crippen molar-refractivity contribution in [2.24, 2.45) is 5.92 Å². The van der Waals surface area contributed by atoms with Crippen molar-refractivity contribution in [3.63, 3.8) is 0 Å². The summed E-state index contributed by atoms with van der Waals surface area (Å²) in [7, 11) is 2.51. The lowest BCUT2D eigenvalue weighted by Gasteiger charge is -2.20. The molecule has 1 rings (SSSR count). The second-order valence-corrected chi connectivity index (χ2v) is 4.75. The molecule has 1 saturated heterocycles. The number of amides is 1. The molecule has 3 atom stereocenters. The molecule has 1 aliphatic rings. The number of ether oxygens (including phenoxy) is 3. The van der Waals surface area contributed by atoms with Gasteiger partial charge in [-0.25, -0.2) is 4.79 Å². The molecule has 1 aliphatic heterocycles. The summed E-state index contributed by atoms with van der Waals surface area (Å²) in [6.07, 6.45) is 1.04. The van der Waals surface area contributed by atoms with Crippen LogP contribution in [0.2, 0.25) is 0 Å². The Morgan fingerprint density at radius 1 is 1.25 bits per heavy atom. The van der Waals surface area contributed by atoms with Crippen molar-refractivity contribution in [3.05, 3.63) is 0 Å². The number of nitrogens with one attached hydrogen (secondary N) is 1. The third-order valence-electron chi connectivity index (χ3n) is 3.22. The number of carbonyl (C=O) groups excluding carboxylic acids is 3. The predicted molar refractivity (Wildman–Crippen MR) is 68.7 cm³/mol. The Morgan fingerprint density at radius 2 is 1.90 bits per heavy atom. The lowest BCUT2D eigenvalue weighted by molar-refractivity contribution is -0.149. The average Bonchev–Trinajstić information content (AvgIpc) is 2.98. The van der Waals surface area contributed by atoms with E-state index in [1.54, 1.807) is 6.92 Å². The van der Waals surface area contributed by atoms with Crippen LogP contribution in [-0.4, -0.2) is 50.8 Å². The fourth-order valence-electron chi connectivity index (χ4n) is 2.06. The fraction of sp³-hybridized carbons (Fsp3) is 0.769.